The first-order valence-electron chi connectivity index (χ1n) is 8.14. The van der Waals surface area contributed by atoms with Gasteiger partial charge in [0.2, 0.25) is 0 Å². The number of ether oxygens (including phenoxy) is 4. The van der Waals surface area contributed by atoms with E-state index in [9.17, 15) is 4.79 Å². The Bertz CT molecular complexity index is 916. The summed E-state index contributed by atoms with van der Waals surface area (Å²) in [4.78, 5) is 12.4. The van der Waals surface area contributed by atoms with Gasteiger partial charge in [-0.2, -0.15) is 0 Å². The maximum atomic E-state index is 12.4. The standard InChI is InChI=1S/C20H19NO6/c1-23-14-9-7-13(8-10-14)17-11-15(27-21-17)12-26-20(22)16-5-4-6-18(24-2)19(16)25-3/h4-11H,12H2,1-3H3. The van der Waals surface area contributed by atoms with Crippen LogP contribution < -0.4 is 14.2 Å². The molecule has 1 aromatic heterocycles. The van der Waals surface area contributed by atoms with Crippen LogP contribution in [0.4, 0.5) is 0 Å². The number of nitrogens with zero attached hydrogens (tertiary/aromatic N) is 1. The summed E-state index contributed by atoms with van der Waals surface area (Å²) in [6.07, 6.45) is 0. The van der Waals surface area contributed by atoms with E-state index < -0.39 is 5.97 Å². The quantitative estimate of drug-likeness (QED) is 0.587. The summed E-state index contributed by atoms with van der Waals surface area (Å²) in [5, 5.41) is 4.00. The van der Waals surface area contributed by atoms with Gasteiger partial charge in [-0.15, -0.1) is 0 Å². The van der Waals surface area contributed by atoms with Crippen molar-refractivity contribution in [1.29, 1.82) is 0 Å². The number of para-hydroxylation sites is 1. The zero-order chi connectivity index (χ0) is 19.2. The van der Waals surface area contributed by atoms with Crippen LogP contribution in [0, 0.1) is 0 Å². The highest BCUT2D eigenvalue weighted by molar-refractivity contribution is 5.93. The molecule has 140 valence electrons. The zero-order valence-corrected chi connectivity index (χ0v) is 15.2. The van der Waals surface area contributed by atoms with Gasteiger partial charge in [-0.05, 0) is 36.4 Å². The molecular formula is C20H19NO6. The summed E-state index contributed by atoms with van der Waals surface area (Å²) in [5.74, 6) is 1.41. The molecule has 0 fully saturated rings. The molecule has 27 heavy (non-hydrogen) atoms. The molecule has 0 aliphatic carbocycles. The van der Waals surface area contributed by atoms with Crippen molar-refractivity contribution in [1.82, 2.24) is 5.16 Å². The van der Waals surface area contributed by atoms with Crippen molar-refractivity contribution in [2.45, 2.75) is 6.61 Å². The Hall–Kier alpha value is -3.48. The second-order valence-electron chi connectivity index (χ2n) is 5.52. The number of esters is 1. The summed E-state index contributed by atoms with van der Waals surface area (Å²) >= 11 is 0. The second kappa shape index (κ2) is 8.27. The molecule has 7 nitrogen and oxygen atoms in total. The predicted octanol–water partition coefficient (Wildman–Crippen LogP) is 3.72. The maximum Gasteiger partial charge on any atom is 0.342 e. The van der Waals surface area contributed by atoms with E-state index in [-0.39, 0.29) is 12.2 Å². The molecule has 0 N–H and O–H groups in total. The SMILES string of the molecule is COc1ccc(-c2cc(COC(=O)c3cccc(OC)c3OC)on2)cc1. The fourth-order valence-corrected chi connectivity index (χ4v) is 2.54. The van der Waals surface area contributed by atoms with Crippen LogP contribution in [-0.4, -0.2) is 32.5 Å². The molecule has 0 radical (unpaired) electrons. The molecule has 0 aliphatic heterocycles. The second-order valence-corrected chi connectivity index (χ2v) is 5.52. The van der Waals surface area contributed by atoms with Crippen LogP contribution in [0.15, 0.2) is 53.1 Å². The van der Waals surface area contributed by atoms with E-state index >= 15 is 0 Å². The summed E-state index contributed by atoms with van der Waals surface area (Å²) in [5.41, 5.74) is 1.78. The normalized spacial score (nSPS) is 10.3. The lowest BCUT2D eigenvalue weighted by molar-refractivity contribution is 0.0433. The monoisotopic (exact) mass is 369 g/mol. The molecule has 7 heteroatoms. The van der Waals surface area contributed by atoms with Gasteiger partial charge in [0.25, 0.3) is 0 Å². The Morgan fingerprint density at radius 3 is 2.44 bits per heavy atom. The summed E-state index contributed by atoms with van der Waals surface area (Å²) in [6, 6.07) is 14.1. The van der Waals surface area contributed by atoms with Gasteiger partial charge in [-0.1, -0.05) is 11.2 Å². The van der Waals surface area contributed by atoms with Crippen molar-refractivity contribution in [3.8, 4) is 28.5 Å². The molecule has 0 unspecified atom stereocenters. The van der Waals surface area contributed by atoms with Crippen LogP contribution in [0.5, 0.6) is 17.2 Å². The van der Waals surface area contributed by atoms with Gasteiger partial charge in [0.05, 0.1) is 21.3 Å². The first kappa shape index (κ1) is 18.3. The number of carbonyl (C=O) groups excluding carboxylic acids is 1. The molecule has 2 aromatic carbocycles. The van der Waals surface area contributed by atoms with E-state index in [4.69, 9.17) is 23.5 Å². The number of hydrogen-bond acceptors (Lipinski definition) is 7. The Morgan fingerprint density at radius 2 is 1.78 bits per heavy atom. The molecular weight excluding hydrogens is 350 g/mol. The van der Waals surface area contributed by atoms with Crippen LogP contribution in [0.2, 0.25) is 0 Å². The highest BCUT2D eigenvalue weighted by atomic mass is 16.6. The topological polar surface area (TPSA) is 80.0 Å². The fourth-order valence-electron chi connectivity index (χ4n) is 2.54. The molecule has 1 heterocycles. The molecule has 0 saturated heterocycles. The van der Waals surface area contributed by atoms with E-state index in [1.54, 1.807) is 31.4 Å². The van der Waals surface area contributed by atoms with E-state index in [2.05, 4.69) is 5.16 Å². The molecule has 0 saturated carbocycles. The third kappa shape index (κ3) is 4.03. The Kier molecular flexibility index (Phi) is 5.61. The molecule has 0 aliphatic rings. The molecule has 3 aromatic rings. The van der Waals surface area contributed by atoms with Crippen molar-refractivity contribution in [3.05, 3.63) is 59.9 Å². The van der Waals surface area contributed by atoms with Crippen molar-refractivity contribution in [2.75, 3.05) is 21.3 Å². The zero-order valence-electron chi connectivity index (χ0n) is 15.2. The Labute approximate surface area is 156 Å². The molecule has 0 amide bonds. The number of methoxy groups -OCH3 is 3. The number of benzene rings is 2. The highest BCUT2D eigenvalue weighted by Crippen LogP contribution is 2.31. The average Bonchev–Trinajstić information content (AvgIpc) is 3.20. The summed E-state index contributed by atoms with van der Waals surface area (Å²) in [7, 11) is 4.57. The van der Waals surface area contributed by atoms with E-state index in [1.165, 1.54) is 14.2 Å². The van der Waals surface area contributed by atoms with Crippen molar-refractivity contribution >= 4 is 5.97 Å². The van der Waals surface area contributed by atoms with Gasteiger partial charge in [0.15, 0.2) is 23.9 Å². The summed E-state index contributed by atoms with van der Waals surface area (Å²) in [6.45, 7) is -0.0532. The number of rotatable bonds is 7. The highest BCUT2D eigenvalue weighted by Gasteiger charge is 2.18. The van der Waals surface area contributed by atoms with E-state index in [0.717, 1.165) is 11.3 Å². The van der Waals surface area contributed by atoms with Crippen LogP contribution in [0.25, 0.3) is 11.3 Å². The minimum atomic E-state index is -0.548. The Morgan fingerprint density at radius 1 is 1.00 bits per heavy atom. The number of hydrogen-bond donors (Lipinski definition) is 0. The number of carbonyl (C=O) groups is 1. The third-order valence-electron chi connectivity index (χ3n) is 3.91. The smallest absolute Gasteiger partial charge is 0.342 e. The van der Waals surface area contributed by atoms with Crippen LogP contribution in [0.1, 0.15) is 16.1 Å². The molecule has 0 bridgehead atoms. The van der Waals surface area contributed by atoms with E-state index in [0.29, 0.717) is 23.0 Å². The first-order chi connectivity index (χ1) is 13.2. The van der Waals surface area contributed by atoms with Gasteiger partial charge in [-0.3, -0.25) is 0 Å². The van der Waals surface area contributed by atoms with Gasteiger partial charge in [-0.25, -0.2) is 4.79 Å². The van der Waals surface area contributed by atoms with Crippen molar-refractivity contribution in [2.24, 2.45) is 0 Å². The van der Waals surface area contributed by atoms with Crippen LogP contribution >= 0.6 is 0 Å². The fraction of sp³-hybridized carbons (Fsp3) is 0.200. The molecule has 0 spiro atoms. The minimum Gasteiger partial charge on any atom is -0.497 e. The third-order valence-corrected chi connectivity index (χ3v) is 3.91. The Balaban J connectivity index is 1.69. The lowest BCUT2D eigenvalue weighted by Crippen LogP contribution is -2.07. The average molecular weight is 369 g/mol. The number of aromatic nitrogens is 1. The van der Waals surface area contributed by atoms with E-state index in [1.807, 2.05) is 24.3 Å². The largest absolute Gasteiger partial charge is 0.497 e. The summed E-state index contributed by atoms with van der Waals surface area (Å²) < 4.78 is 26.1. The lowest BCUT2D eigenvalue weighted by atomic mass is 10.1. The molecule has 0 atom stereocenters. The van der Waals surface area contributed by atoms with Crippen molar-refractivity contribution in [3.63, 3.8) is 0 Å². The van der Waals surface area contributed by atoms with Gasteiger partial charge in [0, 0.05) is 11.6 Å². The van der Waals surface area contributed by atoms with Gasteiger partial charge < -0.3 is 23.5 Å². The van der Waals surface area contributed by atoms with Gasteiger partial charge in [0.1, 0.15) is 17.0 Å². The minimum absolute atomic E-state index is 0.0532. The maximum absolute atomic E-state index is 12.4. The molecule has 3 rings (SSSR count). The predicted molar refractivity (Wildman–Crippen MR) is 97.2 cm³/mol. The van der Waals surface area contributed by atoms with Crippen LogP contribution in [-0.2, 0) is 11.3 Å². The van der Waals surface area contributed by atoms with Crippen molar-refractivity contribution < 1.29 is 28.3 Å². The van der Waals surface area contributed by atoms with Gasteiger partial charge >= 0.3 is 5.97 Å². The van der Waals surface area contributed by atoms with Crippen LogP contribution in [0.3, 0.4) is 0 Å². The first-order valence-corrected chi connectivity index (χ1v) is 8.14. The lowest BCUT2D eigenvalue weighted by Gasteiger charge is -2.11.